The molecule has 0 saturated heterocycles. The Morgan fingerprint density at radius 3 is 2.62 bits per heavy atom. The largest absolute Gasteiger partial charge is 0.310 e. The summed E-state index contributed by atoms with van der Waals surface area (Å²) in [5.74, 6) is -1.54. The maximum absolute atomic E-state index is 13.0. The lowest BCUT2D eigenvalue weighted by Gasteiger charge is -2.08. The first-order valence-electron chi connectivity index (χ1n) is 4.27. The lowest BCUT2D eigenvalue weighted by atomic mass is 10.2. The van der Waals surface area contributed by atoms with Crippen molar-refractivity contribution in [2.45, 2.75) is 26.4 Å². The molecule has 0 unspecified atom stereocenters. The van der Waals surface area contributed by atoms with Crippen molar-refractivity contribution in [1.82, 2.24) is 5.32 Å². The van der Waals surface area contributed by atoms with E-state index in [-0.39, 0.29) is 6.04 Å². The average Bonchev–Trinajstić information content (AvgIpc) is 2.07. The van der Waals surface area contributed by atoms with Crippen molar-refractivity contribution in [2.75, 3.05) is 0 Å². The number of hydrogen-bond acceptors (Lipinski definition) is 1. The molecule has 0 saturated carbocycles. The molecule has 0 aliphatic carbocycles. The van der Waals surface area contributed by atoms with Gasteiger partial charge in [0.1, 0.15) is 0 Å². The van der Waals surface area contributed by atoms with Gasteiger partial charge in [0.15, 0.2) is 11.6 Å². The molecule has 0 bridgehead atoms. The Kier molecular flexibility index (Phi) is 3.37. The molecule has 1 aromatic carbocycles. The van der Waals surface area contributed by atoms with Crippen molar-refractivity contribution < 1.29 is 8.78 Å². The zero-order valence-corrected chi connectivity index (χ0v) is 7.77. The minimum Gasteiger partial charge on any atom is -0.310 e. The van der Waals surface area contributed by atoms with Gasteiger partial charge in [-0.05, 0) is 6.07 Å². The number of halogens is 2. The van der Waals surface area contributed by atoms with Crippen LogP contribution in [0.5, 0.6) is 0 Å². The van der Waals surface area contributed by atoms with Crippen molar-refractivity contribution in [1.29, 1.82) is 0 Å². The highest BCUT2D eigenvalue weighted by atomic mass is 19.2. The van der Waals surface area contributed by atoms with Crippen molar-refractivity contribution in [3.05, 3.63) is 35.4 Å². The van der Waals surface area contributed by atoms with Crippen LogP contribution >= 0.6 is 0 Å². The minimum atomic E-state index is -0.789. The van der Waals surface area contributed by atoms with Gasteiger partial charge < -0.3 is 5.32 Å². The van der Waals surface area contributed by atoms with Crippen molar-refractivity contribution in [3.63, 3.8) is 0 Å². The van der Waals surface area contributed by atoms with E-state index in [0.717, 1.165) is 6.07 Å². The molecule has 13 heavy (non-hydrogen) atoms. The molecule has 3 heteroatoms. The Morgan fingerprint density at radius 1 is 1.31 bits per heavy atom. The first-order valence-corrected chi connectivity index (χ1v) is 4.27. The fourth-order valence-corrected chi connectivity index (χ4v) is 0.999. The summed E-state index contributed by atoms with van der Waals surface area (Å²) in [7, 11) is 0. The molecule has 0 aromatic heterocycles. The zero-order valence-electron chi connectivity index (χ0n) is 7.77. The maximum atomic E-state index is 13.0. The van der Waals surface area contributed by atoms with Crippen molar-refractivity contribution >= 4 is 0 Å². The standard InChI is InChI=1S/C10H13F2N/c1-7(2)13-6-8-4-3-5-9(11)10(8)12/h3-5,7,13H,6H2,1-2H3. The van der Waals surface area contributed by atoms with Crippen LogP contribution in [0, 0.1) is 11.6 Å². The first kappa shape index (κ1) is 10.1. The summed E-state index contributed by atoms with van der Waals surface area (Å²) >= 11 is 0. The summed E-state index contributed by atoms with van der Waals surface area (Å²) in [4.78, 5) is 0. The molecule has 0 heterocycles. The third-order valence-electron chi connectivity index (χ3n) is 1.73. The van der Waals surface area contributed by atoms with Crippen LogP contribution in [-0.2, 0) is 6.54 Å². The molecule has 0 fully saturated rings. The van der Waals surface area contributed by atoms with Crippen LogP contribution in [0.15, 0.2) is 18.2 Å². The molecule has 0 aliphatic rings. The van der Waals surface area contributed by atoms with Gasteiger partial charge in [0.25, 0.3) is 0 Å². The second kappa shape index (κ2) is 4.33. The monoisotopic (exact) mass is 185 g/mol. The molecule has 1 aromatic rings. The molecule has 1 rings (SSSR count). The summed E-state index contributed by atoms with van der Waals surface area (Å²) in [5, 5.41) is 3.02. The zero-order chi connectivity index (χ0) is 9.84. The van der Waals surface area contributed by atoms with Crippen LogP contribution in [0.1, 0.15) is 19.4 Å². The van der Waals surface area contributed by atoms with E-state index < -0.39 is 11.6 Å². The van der Waals surface area contributed by atoms with Gasteiger partial charge in [0.05, 0.1) is 0 Å². The first-order chi connectivity index (χ1) is 6.11. The quantitative estimate of drug-likeness (QED) is 0.762. The van der Waals surface area contributed by atoms with Crippen LogP contribution in [0.3, 0.4) is 0 Å². The highest BCUT2D eigenvalue weighted by Gasteiger charge is 2.06. The third-order valence-corrected chi connectivity index (χ3v) is 1.73. The molecule has 0 amide bonds. The smallest absolute Gasteiger partial charge is 0.163 e. The van der Waals surface area contributed by atoms with E-state index in [1.54, 1.807) is 6.07 Å². The van der Waals surface area contributed by atoms with E-state index in [0.29, 0.717) is 12.1 Å². The summed E-state index contributed by atoms with van der Waals surface area (Å²) in [5.41, 5.74) is 0.369. The highest BCUT2D eigenvalue weighted by molar-refractivity contribution is 5.18. The van der Waals surface area contributed by atoms with Gasteiger partial charge in [-0.25, -0.2) is 8.78 Å². The van der Waals surface area contributed by atoms with Crippen molar-refractivity contribution in [2.24, 2.45) is 0 Å². The van der Waals surface area contributed by atoms with E-state index in [4.69, 9.17) is 0 Å². The van der Waals surface area contributed by atoms with Gasteiger partial charge in [0.2, 0.25) is 0 Å². The van der Waals surface area contributed by atoms with Crippen molar-refractivity contribution in [3.8, 4) is 0 Å². The van der Waals surface area contributed by atoms with Crippen LogP contribution in [0.25, 0.3) is 0 Å². The molecule has 0 spiro atoms. The van der Waals surface area contributed by atoms with E-state index >= 15 is 0 Å². The van der Waals surface area contributed by atoms with E-state index in [1.807, 2.05) is 13.8 Å². The summed E-state index contributed by atoms with van der Waals surface area (Å²) in [6.07, 6.45) is 0. The van der Waals surface area contributed by atoms with Gasteiger partial charge in [-0.15, -0.1) is 0 Å². The molecule has 1 nitrogen and oxygen atoms in total. The second-order valence-corrected chi connectivity index (χ2v) is 3.25. The highest BCUT2D eigenvalue weighted by Crippen LogP contribution is 2.10. The average molecular weight is 185 g/mol. The Labute approximate surface area is 76.8 Å². The van der Waals surface area contributed by atoms with Crippen LogP contribution in [-0.4, -0.2) is 6.04 Å². The molecular weight excluding hydrogens is 172 g/mol. The topological polar surface area (TPSA) is 12.0 Å². The predicted molar refractivity (Wildman–Crippen MR) is 48.3 cm³/mol. The van der Waals surface area contributed by atoms with Gasteiger partial charge in [-0.1, -0.05) is 26.0 Å². The summed E-state index contributed by atoms with van der Waals surface area (Å²) < 4.78 is 25.7. The maximum Gasteiger partial charge on any atom is 0.163 e. The molecule has 0 aliphatic heterocycles. The van der Waals surface area contributed by atoms with E-state index in [9.17, 15) is 8.78 Å². The van der Waals surface area contributed by atoms with Gasteiger partial charge >= 0.3 is 0 Å². The number of rotatable bonds is 3. The predicted octanol–water partition coefficient (Wildman–Crippen LogP) is 2.46. The Hall–Kier alpha value is -0.960. The minimum absolute atomic E-state index is 0.266. The molecular formula is C10H13F2N. The van der Waals surface area contributed by atoms with Crippen LogP contribution < -0.4 is 5.32 Å². The fourth-order valence-electron chi connectivity index (χ4n) is 0.999. The number of hydrogen-bond donors (Lipinski definition) is 1. The summed E-state index contributed by atoms with van der Waals surface area (Å²) in [6.45, 7) is 4.27. The van der Waals surface area contributed by atoms with E-state index in [2.05, 4.69) is 5.32 Å². The van der Waals surface area contributed by atoms with Gasteiger partial charge in [-0.2, -0.15) is 0 Å². The van der Waals surface area contributed by atoms with Gasteiger partial charge in [-0.3, -0.25) is 0 Å². The molecule has 1 N–H and O–H groups in total. The van der Waals surface area contributed by atoms with E-state index in [1.165, 1.54) is 6.07 Å². The summed E-state index contributed by atoms with van der Waals surface area (Å²) in [6, 6.07) is 4.47. The fraction of sp³-hybridized carbons (Fsp3) is 0.400. The molecule has 0 atom stereocenters. The number of nitrogens with one attached hydrogen (secondary N) is 1. The third kappa shape index (κ3) is 2.77. The Balaban J connectivity index is 2.71. The van der Waals surface area contributed by atoms with Crippen LogP contribution in [0.4, 0.5) is 8.78 Å². The molecule has 0 radical (unpaired) electrons. The van der Waals surface area contributed by atoms with Gasteiger partial charge in [0, 0.05) is 18.2 Å². The SMILES string of the molecule is CC(C)NCc1cccc(F)c1F. The van der Waals surface area contributed by atoms with Crippen LogP contribution in [0.2, 0.25) is 0 Å². The Bertz CT molecular complexity index is 284. The lowest BCUT2D eigenvalue weighted by Crippen LogP contribution is -2.22. The lowest BCUT2D eigenvalue weighted by molar-refractivity contribution is 0.486. The normalized spacial score (nSPS) is 10.8. The second-order valence-electron chi connectivity index (χ2n) is 3.25. The molecule has 72 valence electrons. The Morgan fingerprint density at radius 2 is 2.00 bits per heavy atom. The number of benzene rings is 1.